The number of hydrogen-bond acceptors (Lipinski definition) is 4. The Hall–Kier alpha value is -3.11. The minimum Gasteiger partial charge on any atom is -0.480 e. The van der Waals surface area contributed by atoms with Gasteiger partial charge in [-0.3, -0.25) is 9.59 Å². The molecule has 0 aliphatic carbocycles. The third kappa shape index (κ3) is 6.96. The summed E-state index contributed by atoms with van der Waals surface area (Å²) in [6.07, 6.45) is 6.27. The van der Waals surface area contributed by atoms with Crippen molar-refractivity contribution >= 4 is 39.6 Å². The first-order valence-electron chi connectivity index (χ1n) is 8.02. The molecule has 0 fully saturated rings. The number of terminal acetylenes is 1. The number of nitrogens with zero attached hydrogens (tertiary/aromatic N) is 1. The number of hydrogen-bond donors (Lipinski definition) is 2. The summed E-state index contributed by atoms with van der Waals surface area (Å²) < 4.78 is 6.23. The van der Waals surface area contributed by atoms with Crippen LogP contribution >= 0.6 is 15.9 Å². The number of anilines is 1. The van der Waals surface area contributed by atoms with Gasteiger partial charge in [0.2, 0.25) is 11.8 Å². The van der Waals surface area contributed by atoms with Gasteiger partial charge in [-0.1, -0.05) is 39.5 Å². The molecule has 2 amide bonds. The first-order chi connectivity index (χ1) is 13.0. The van der Waals surface area contributed by atoms with Crippen LogP contribution in [0.2, 0.25) is 0 Å². The van der Waals surface area contributed by atoms with Crippen molar-refractivity contribution in [3.05, 3.63) is 58.1 Å². The maximum absolute atomic E-state index is 11.9. The van der Waals surface area contributed by atoms with Crippen LogP contribution in [0.4, 0.5) is 5.69 Å². The smallest absolute Gasteiger partial charge is 0.249 e. The molecule has 2 aromatic carbocycles. The zero-order chi connectivity index (χ0) is 19.6. The Kier molecular flexibility index (Phi) is 7.59. The highest BCUT2D eigenvalue weighted by atomic mass is 79.9. The van der Waals surface area contributed by atoms with E-state index in [1.54, 1.807) is 30.3 Å². The molecule has 0 saturated carbocycles. The largest absolute Gasteiger partial charge is 0.480 e. The second kappa shape index (κ2) is 10.1. The van der Waals surface area contributed by atoms with Gasteiger partial charge in [0.15, 0.2) is 0 Å². The highest BCUT2D eigenvalue weighted by Crippen LogP contribution is 2.21. The summed E-state index contributed by atoms with van der Waals surface area (Å²) in [5.74, 6) is 1.96. The molecule has 0 heterocycles. The molecule has 0 spiro atoms. The van der Waals surface area contributed by atoms with E-state index in [1.165, 1.54) is 6.21 Å². The predicted molar refractivity (Wildman–Crippen MR) is 109 cm³/mol. The lowest BCUT2D eigenvalue weighted by atomic mass is 10.2. The molecule has 0 aliphatic rings. The highest BCUT2D eigenvalue weighted by Gasteiger charge is 2.09. The molecule has 27 heavy (non-hydrogen) atoms. The molecule has 2 aromatic rings. The second-order valence-electron chi connectivity index (χ2n) is 5.56. The third-order valence-corrected chi connectivity index (χ3v) is 3.83. The van der Waals surface area contributed by atoms with Gasteiger partial charge in [0.05, 0.1) is 6.21 Å². The molecule has 6 nitrogen and oxygen atoms in total. The van der Waals surface area contributed by atoms with Crippen LogP contribution in [0.3, 0.4) is 0 Å². The quantitative estimate of drug-likeness (QED) is 0.308. The maximum atomic E-state index is 11.9. The van der Waals surface area contributed by atoms with Crippen LogP contribution in [0.5, 0.6) is 5.75 Å². The molecule has 0 aliphatic heterocycles. The Bertz CT molecular complexity index is 886. The molecule has 7 heteroatoms. The summed E-state index contributed by atoms with van der Waals surface area (Å²) in [6.45, 7) is 2.07. The lowest BCUT2D eigenvalue weighted by Crippen LogP contribution is -2.24. The molecule has 2 N–H and O–H groups in total. The topological polar surface area (TPSA) is 79.8 Å². The van der Waals surface area contributed by atoms with Gasteiger partial charge >= 0.3 is 0 Å². The Morgan fingerprint density at radius 2 is 1.96 bits per heavy atom. The van der Waals surface area contributed by atoms with Crippen molar-refractivity contribution in [1.82, 2.24) is 5.43 Å². The number of rotatable bonds is 7. The van der Waals surface area contributed by atoms with E-state index in [1.807, 2.05) is 19.1 Å². The second-order valence-corrected chi connectivity index (χ2v) is 6.47. The van der Waals surface area contributed by atoms with Crippen LogP contribution in [-0.2, 0) is 9.59 Å². The van der Waals surface area contributed by atoms with Crippen molar-refractivity contribution in [1.29, 1.82) is 0 Å². The molecule has 138 valence electrons. The van der Waals surface area contributed by atoms with E-state index < -0.39 is 11.8 Å². The number of ether oxygens (including phenoxy) is 1. The van der Waals surface area contributed by atoms with E-state index in [-0.39, 0.29) is 13.0 Å². The Morgan fingerprint density at radius 1 is 1.22 bits per heavy atom. The van der Waals surface area contributed by atoms with Crippen molar-refractivity contribution < 1.29 is 14.3 Å². The van der Waals surface area contributed by atoms with E-state index in [0.29, 0.717) is 17.0 Å². The third-order valence-electron chi connectivity index (χ3n) is 3.33. The van der Waals surface area contributed by atoms with Crippen LogP contribution in [0.1, 0.15) is 17.5 Å². The van der Waals surface area contributed by atoms with Crippen LogP contribution in [-0.4, -0.2) is 24.6 Å². The number of amides is 2. The highest BCUT2D eigenvalue weighted by molar-refractivity contribution is 9.10. The molecular weight excluding hydrogens is 410 g/mol. The average molecular weight is 428 g/mol. The summed E-state index contributed by atoms with van der Waals surface area (Å²) in [5.41, 5.74) is 4.66. The van der Waals surface area contributed by atoms with E-state index in [2.05, 4.69) is 37.7 Å². The van der Waals surface area contributed by atoms with Crippen LogP contribution in [0.25, 0.3) is 0 Å². The van der Waals surface area contributed by atoms with E-state index >= 15 is 0 Å². The van der Waals surface area contributed by atoms with Gasteiger partial charge in [0.1, 0.15) is 18.8 Å². The van der Waals surface area contributed by atoms with Gasteiger partial charge in [-0.25, -0.2) is 5.43 Å². The molecule has 0 aromatic heterocycles. The summed E-state index contributed by atoms with van der Waals surface area (Å²) in [7, 11) is 0. The predicted octanol–water partition coefficient (Wildman–Crippen LogP) is 3.25. The first-order valence-corrected chi connectivity index (χ1v) is 8.81. The molecule has 2 rings (SSSR count). The Labute approximate surface area is 166 Å². The van der Waals surface area contributed by atoms with E-state index in [0.717, 1.165) is 10.0 Å². The summed E-state index contributed by atoms with van der Waals surface area (Å²) in [4.78, 5) is 23.7. The van der Waals surface area contributed by atoms with Gasteiger partial charge in [-0.15, -0.1) is 6.42 Å². The summed E-state index contributed by atoms with van der Waals surface area (Å²) in [5, 5.41) is 6.52. The fraction of sp³-hybridized carbons (Fsp3) is 0.150. The normalized spacial score (nSPS) is 10.3. The van der Waals surface area contributed by atoms with Gasteiger partial charge in [0, 0.05) is 15.7 Å². The van der Waals surface area contributed by atoms with Gasteiger partial charge in [-0.05, 0) is 37.3 Å². The Balaban J connectivity index is 1.89. The van der Waals surface area contributed by atoms with Crippen LogP contribution in [0, 0.1) is 19.3 Å². The zero-order valence-corrected chi connectivity index (χ0v) is 16.2. The fourth-order valence-corrected chi connectivity index (χ4v) is 2.45. The monoisotopic (exact) mass is 427 g/mol. The standard InChI is InChI=1S/C20H18BrN3O3/c1-3-10-27-18-9-6-16(21)11-15(18)13-22-24-20(26)12-19(25)23-17-7-4-14(2)5-8-17/h1,4-9,11,13H,10,12H2,2H3,(H,23,25)(H,24,26). The molecule has 0 saturated heterocycles. The zero-order valence-electron chi connectivity index (χ0n) is 14.7. The SMILES string of the molecule is C#CCOc1ccc(Br)cc1C=NNC(=O)CC(=O)Nc1ccc(C)cc1. The number of halogens is 1. The maximum Gasteiger partial charge on any atom is 0.249 e. The lowest BCUT2D eigenvalue weighted by Gasteiger charge is -2.07. The fourth-order valence-electron chi connectivity index (χ4n) is 2.07. The Morgan fingerprint density at radius 3 is 2.67 bits per heavy atom. The average Bonchev–Trinajstić information content (AvgIpc) is 2.63. The number of carbonyl (C=O) groups excluding carboxylic acids is 2. The molecule has 0 bridgehead atoms. The van der Waals surface area contributed by atoms with E-state index in [4.69, 9.17) is 11.2 Å². The van der Waals surface area contributed by atoms with E-state index in [9.17, 15) is 9.59 Å². The first kappa shape index (κ1) is 20.2. The van der Waals surface area contributed by atoms with Gasteiger partial charge < -0.3 is 10.1 Å². The lowest BCUT2D eigenvalue weighted by molar-refractivity contribution is -0.126. The summed E-state index contributed by atoms with van der Waals surface area (Å²) in [6, 6.07) is 12.6. The molecule has 0 atom stereocenters. The molecule has 0 unspecified atom stereocenters. The minimum atomic E-state index is -0.531. The number of hydrazone groups is 1. The van der Waals surface area contributed by atoms with Crippen molar-refractivity contribution in [2.24, 2.45) is 5.10 Å². The van der Waals surface area contributed by atoms with Crippen LogP contribution < -0.4 is 15.5 Å². The number of nitrogens with one attached hydrogen (secondary N) is 2. The van der Waals surface area contributed by atoms with Crippen molar-refractivity contribution in [2.45, 2.75) is 13.3 Å². The van der Waals surface area contributed by atoms with Gasteiger partial charge in [0.25, 0.3) is 0 Å². The molecular formula is C20H18BrN3O3. The summed E-state index contributed by atoms with van der Waals surface area (Å²) >= 11 is 3.36. The minimum absolute atomic E-state index is 0.119. The number of benzene rings is 2. The van der Waals surface area contributed by atoms with Crippen molar-refractivity contribution in [2.75, 3.05) is 11.9 Å². The molecule has 0 radical (unpaired) electrons. The number of carbonyl (C=O) groups is 2. The van der Waals surface area contributed by atoms with Crippen molar-refractivity contribution in [3.63, 3.8) is 0 Å². The number of aryl methyl sites for hydroxylation is 1. The van der Waals surface area contributed by atoms with Crippen molar-refractivity contribution in [3.8, 4) is 18.1 Å². The van der Waals surface area contributed by atoms with Gasteiger partial charge in [-0.2, -0.15) is 5.10 Å². The van der Waals surface area contributed by atoms with Crippen LogP contribution in [0.15, 0.2) is 52.0 Å².